The van der Waals surface area contributed by atoms with Crippen LogP contribution in [0.4, 0.5) is 0 Å². The van der Waals surface area contributed by atoms with E-state index >= 15 is 0 Å². The van der Waals surface area contributed by atoms with Crippen LogP contribution in [0.2, 0.25) is 0 Å². The van der Waals surface area contributed by atoms with Gasteiger partial charge in [0, 0.05) is 19.3 Å². The van der Waals surface area contributed by atoms with Crippen LogP contribution in [0.15, 0.2) is 23.6 Å². The molecule has 2 aromatic rings. The van der Waals surface area contributed by atoms with Crippen molar-refractivity contribution in [1.82, 2.24) is 29.7 Å². The molecule has 0 unspecified atom stereocenters. The Balaban J connectivity index is 1.82. The summed E-state index contributed by atoms with van der Waals surface area (Å²) in [7, 11) is -3.49. The number of hydrogen-bond donors (Lipinski definition) is 2. The number of nitrogens with one attached hydrogen (secondary N) is 2. The zero-order valence-electron chi connectivity index (χ0n) is 9.87. The molecule has 0 bridgehead atoms. The second-order valence-electron chi connectivity index (χ2n) is 3.75. The molecule has 2 rings (SSSR count). The molecular formula is C9H14N6O2S. The van der Waals surface area contributed by atoms with Crippen LogP contribution >= 0.6 is 0 Å². The molecule has 18 heavy (non-hydrogen) atoms. The van der Waals surface area contributed by atoms with Crippen molar-refractivity contribution >= 4 is 10.0 Å². The van der Waals surface area contributed by atoms with Gasteiger partial charge in [-0.2, -0.15) is 0 Å². The average molecular weight is 270 g/mol. The Morgan fingerprint density at radius 1 is 1.50 bits per heavy atom. The summed E-state index contributed by atoms with van der Waals surface area (Å²) < 4.78 is 27.7. The first-order chi connectivity index (χ1) is 8.58. The average Bonchev–Trinajstić information content (AvgIpc) is 2.95. The Kier molecular flexibility index (Phi) is 3.72. The Bertz CT molecular complexity index is 588. The molecule has 0 aliphatic heterocycles. The number of aryl methyl sites for hydroxylation is 2. The third-order valence-electron chi connectivity index (χ3n) is 2.30. The molecule has 0 aromatic carbocycles. The smallest absolute Gasteiger partial charge is 0.257 e. The van der Waals surface area contributed by atoms with Crippen LogP contribution in [0.5, 0.6) is 0 Å². The van der Waals surface area contributed by atoms with Gasteiger partial charge in [0.1, 0.15) is 5.82 Å². The molecule has 0 aliphatic rings. The highest BCUT2D eigenvalue weighted by Crippen LogP contribution is 2.04. The van der Waals surface area contributed by atoms with Crippen molar-refractivity contribution in [3.8, 4) is 0 Å². The molecule has 0 aliphatic carbocycles. The maximum absolute atomic E-state index is 11.8. The van der Waals surface area contributed by atoms with Crippen LogP contribution in [0.25, 0.3) is 0 Å². The zero-order chi connectivity index (χ0) is 13.0. The zero-order valence-corrected chi connectivity index (χ0v) is 10.7. The predicted octanol–water partition coefficient (Wildman–Crippen LogP) is -0.322. The van der Waals surface area contributed by atoms with Gasteiger partial charge < -0.3 is 4.98 Å². The summed E-state index contributed by atoms with van der Waals surface area (Å²) in [6.45, 7) is 2.65. The van der Waals surface area contributed by atoms with E-state index in [1.165, 1.54) is 6.20 Å². The van der Waals surface area contributed by atoms with E-state index in [0.29, 0.717) is 25.3 Å². The number of aromatic nitrogens is 5. The molecule has 0 saturated heterocycles. The van der Waals surface area contributed by atoms with Gasteiger partial charge in [-0.25, -0.2) is 18.1 Å². The van der Waals surface area contributed by atoms with Gasteiger partial charge in [-0.15, -0.1) is 5.10 Å². The van der Waals surface area contributed by atoms with Crippen molar-refractivity contribution in [2.24, 2.45) is 0 Å². The molecule has 2 aromatic heterocycles. The van der Waals surface area contributed by atoms with Gasteiger partial charge in [0.2, 0.25) is 0 Å². The number of rotatable bonds is 6. The predicted molar refractivity (Wildman–Crippen MR) is 63.2 cm³/mol. The lowest BCUT2D eigenvalue weighted by atomic mass is 10.4. The van der Waals surface area contributed by atoms with Crippen molar-refractivity contribution in [2.45, 2.75) is 24.9 Å². The largest absolute Gasteiger partial charge is 0.332 e. The highest BCUT2D eigenvalue weighted by Gasteiger charge is 2.15. The molecule has 2 heterocycles. The van der Waals surface area contributed by atoms with Crippen LogP contribution < -0.4 is 4.72 Å². The van der Waals surface area contributed by atoms with E-state index in [9.17, 15) is 8.42 Å². The Morgan fingerprint density at radius 3 is 2.94 bits per heavy atom. The van der Waals surface area contributed by atoms with Gasteiger partial charge in [-0.3, -0.25) is 4.68 Å². The van der Waals surface area contributed by atoms with Crippen molar-refractivity contribution < 1.29 is 8.42 Å². The Morgan fingerprint density at radius 2 is 2.33 bits per heavy atom. The van der Waals surface area contributed by atoms with Gasteiger partial charge in [-0.1, -0.05) is 5.21 Å². The molecular weight excluding hydrogens is 256 g/mol. The monoisotopic (exact) mass is 270 g/mol. The van der Waals surface area contributed by atoms with Crippen LogP contribution in [0.1, 0.15) is 12.2 Å². The number of nitrogens with zero attached hydrogens (tertiary/aromatic N) is 4. The van der Waals surface area contributed by atoms with E-state index in [1.54, 1.807) is 24.0 Å². The minimum Gasteiger partial charge on any atom is -0.332 e. The first-order valence-corrected chi connectivity index (χ1v) is 6.91. The first-order valence-electron chi connectivity index (χ1n) is 5.43. The fourth-order valence-corrected chi connectivity index (χ4v) is 2.45. The van der Waals surface area contributed by atoms with Crippen molar-refractivity contribution in [1.29, 1.82) is 0 Å². The highest BCUT2D eigenvalue weighted by atomic mass is 32.2. The minimum absolute atomic E-state index is 0.0840. The van der Waals surface area contributed by atoms with E-state index in [1.807, 2.05) is 0 Å². The number of hydrogen-bond acceptors (Lipinski definition) is 5. The molecule has 0 spiro atoms. The lowest BCUT2D eigenvalue weighted by molar-refractivity contribution is 0.541. The van der Waals surface area contributed by atoms with E-state index in [4.69, 9.17) is 0 Å². The minimum atomic E-state index is -3.49. The molecule has 0 amide bonds. The fraction of sp³-hybridized carbons (Fsp3) is 0.444. The molecule has 0 atom stereocenters. The quantitative estimate of drug-likeness (QED) is 0.700. The van der Waals surface area contributed by atoms with Gasteiger partial charge in [0.25, 0.3) is 10.0 Å². The molecule has 2 N–H and O–H groups in total. The van der Waals surface area contributed by atoms with Crippen LogP contribution in [0, 0.1) is 6.92 Å². The van der Waals surface area contributed by atoms with Crippen LogP contribution in [-0.2, 0) is 16.6 Å². The lowest BCUT2D eigenvalue weighted by Crippen LogP contribution is -2.26. The molecule has 0 saturated carbocycles. The highest BCUT2D eigenvalue weighted by molar-refractivity contribution is 7.89. The standard InChI is InChI=1S/C9H14N6O2S/c1-8-10-7-9(13-8)18(16,17)12-3-2-5-15-6-4-11-14-15/h4,6-7,12H,2-3,5H2,1H3,(H,10,13). The van der Waals surface area contributed by atoms with Crippen molar-refractivity contribution in [2.75, 3.05) is 6.54 Å². The lowest BCUT2D eigenvalue weighted by Gasteiger charge is -2.04. The number of sulfonamides is 1. The van der Waals surface area contributed by atoms with E-state index in [2.05, 4.69) is 25.0 Å². The molecule has 0 fully saturated rings. The number of imidazole rings is 1. The van der Waals surface area contributed by atoms with E-state index in [-0.39, 0.29) is 5.03 Å². The fourth-order valence-electron chi connectivity index (χ4n) is 1.41. The molecule has 0 radical (unpaired) electrons. The molecule has 98 valence electrons. The summed E-state index contributed by atoms with van der Waals surface area (Å²) in [5.41, 5.74) is 0. The van der Waals surface area contributed by atoms with E-state index in [0.717, 1.165) is 0 Å². The number of H-pyrrole nitrogens is 1. The van der Waals surface area contributed by atoms with Crippen molar-refractivity contribution in [3.63, 3.8) is 0 Å². The summed E-state index contributed by atoms with van der Waals surface area (Å²) in [6, 6.07) is 0. The Labute approximate surface area is 104 Å². The first kappa shape index (κ1) is 12.7. The van der Waals surface area contributed by atoms with Crippen LogP contribution in [-0.4, -0.2) is 39.9 Å². The summed E-state index contributed by atoms with van der Waals surface area (Å²) in [5.74, 6) is 0.568. The van der Waals surface area contributed by atoms with Crippen molar-refractivity contribution in [3.05, 3.63) is 24.4 Å². The Hall–Kier alpha value is -1.74. The maximum Gasteiger partial charge on any atom is 0.257 e. The SMILES string of the molecule is Cc1ncc(S(=O)(=O)NCCCn2ccnn2)[nH]1. The maximum atomic E-state index is 11.8. The summed E-state index contributed by atoms with van der Waals surface area (Å²) in [6.07, 6.45) is 5.25. The molecule has 8 nitrogen and oxygen atoms in total. The third kappa shape index (κ3) is 3.14. The van der Waals surface area contributed by atoms with Gasteiger partial charge in [0.05, 0.1) is 12.4 Å². The van der Waals surface area contributed by atoms with E-state index < -0.39 is 10.0 Å². The number of aromatic amines is 1. The summed E-state index contributed by atoms with van der Waals surface area (Å²) >= 11 is 0. The second kappa shape index (κ2) is 5.27. The summed E-state index contributed by atoms with van der Waals surface area (Å²) in [4.78, 5) is 6.54. The summed E-state index contributed by atoms with van der Waals surface area (Å²) in [5, 5.41) is 7.53. The van der Waals surface area contributed by atoms with Gasteiger partial charge in [-0.05, 0) is 13.3 Å². The topological polar surface area (TPSA) is 106 Å². The van der Waals surface area contributed by atoms with Gasteiger partial charge >= 0.3 is 0 Å². The molecule has 9 heteroatoms. The normalized spacial score (nSPS) is 11.8. The second-order valence-corrected chi connectivity index (χ2v) is 5.49. The van der Waals surface area contributed by atoms with Crippen LogP contribution in [0.3, 0.4) is 0 Å². The van der Waals surface area contributed by atoms with Gasteiger partial charge in [0.15, 0.2) is 5.03 Å². The third-order valence-corrected chi connectivity index (χ3v) is 3.67.